The number of halogens is 2. The Kier molecular flexibility index (Phi) is 4.98. The monoisotopic (exact) mass is 378 g/mol. The van der Waals surface area contributed by atoms with Crippen molar-refractivity contribution < 1.29 is 13.3 Å². The average molecular weight is 379 g/mol. The highest BCUT2D eigenvalue weighted by Gasteiger charge is 2.21. The quantitative estimate of drug-likeness (QED) is 0.644. The summed E-state index contributed by atoms with van der Waals surface area (Å²) >= 11 is 13.0. The van der Waals surface area contributed by atoms with Crippen LogP contribution in [-0.2, 0) is 10.0 Å². The Balaban J connectivity index is 2.54. The van der Waals surface area contributed by atoms with Crippen molar-refractivity contribution in [2.75, 3.05) is 0 Å². The summed E-state index contributed by atoms with van der Waals surface area (Å²) in [4.78, 5) is 10.8. The van der Waals surface area contributed by atoms with Gasteiger partial charge in [0.25, 0.3) is 5.69 Å². The van der Waals surface area contributed by atoms with E-state index >= 15 is 0 Å². The highest BCUT2D eigenvalue weighted by Crippen LogP contribution is 2.42. The number of sulfonamides is 1. The summed E-state index contributed by atoms with van der Waals surface area (Å²) in [6.07, 6.45) is 0. The Morgan fingerprint density at radius 2 is 1.73 bits per heavy atom. The number of hydrogen-bond acceptors (Lipinski definition) is 5. The fourth-order valence-electron chi connectivity index (χ4n) is 1.59. The van der Waals surface area contributed by atoms with E-state index in [0.29, 0.717) is 14.9 Å². The molecule has 0 aliphatic rings. The van der Waals surface area contributed by atoms with Gasteiger partial charge in [0.15, 0.2) is 0 Å². The Labute approximate surface area is 140 Å². The van der Waals surface area contributed by atoms with Crippen LogP contribution in [0.15, 0.2) is 51.1 Å². The van der Waals surface area contributed by atoms with Gasteiger partial charge in [-0.2, -0.15) is 0 Å². The molecule has 2 N–H and O–H groups in total. The SMILES string of the molecule is NS(=O)(=O)c1ccc(Sc2c(Cl)cccc2Cl)c([N+](=O)[O-])c1. The van der Waals surface area contributed by atoms with Crippen molar-refractivity contribution in [1.82, 2.24) is 0 Å². The van der Waals surface area contributed by atoms with Crippen LogP contribution in [0.3, 0.4) is 0 Å². The molecule has 0 aromatic heterocycles. The van der Waals surface area contributed by atoms with Gasteiger partial charge in [-0.25, -0.2) is 13.6 Å². The maximum Gasteiger partial charge on any atom is 0.284 e. The second kappa shape index (κ2) is 6.43. The van der Waals surface area contributed by atoms with E-state index in [9.17, 15) is 18.5 Å². The van der Waals surface area contributed by atoms with E-state index in [2.05, 4.69) is 0 Å². The fourth-order valence-corrected chi connectivity index (χ4v) is 3.68. The largest absolute Gasteiger partial charge is 0.284 e. The van der Waals surface area contributed by atoms with Gasteiger partial charge in [-0.1, -0.05) is 41.0 Å². The van der Waals surface area contributed by atoms with Crippen LogP contribution < -0.4 is 5.14 Å². The summed E-state index contributed by atoms with van der Waals surface area (Å²) < 4.78 is 22.6. The second-order valence-electron chi connectivity index (χ2n) is 4.08. The molecule has 2 aromatic rings. The Bertz CT molecular complexity index is 836. The minimum absolute atomic E-state index is 0.201. The van der Waals surface area contributed by atoms with Crippen LogP contribution in [0.25, 0.3) is 0 Å². The summed E-state index contributed by atoms with van der Waals surface area (Å²) in [5, 5.41) is 16.8. The lowest BCUT2D eigenvalue weighted by atomic mass is 10.3. The first-order valence-corrected chi connectivity index (χ1v) is 8.75. The molecule has 116 valence electrons. The Morgan fingerprint density at radius 3 is 2.23 bits per heavy atom. The first kappa shape index (κ1) is 17.0. The Hall–Kier alpha value is -1.32. The summed E-state index contributed by atoms with van der Waals surface area (Å²) in [6.45, 7) is 0. The number of nitrogens with two attached hydrogens (primary N) is 1. The smallest absolute Gasteiger partial charge is 0.258 e. The van der Waals surface area contributed by atoms with Gasteiger partial charge in [-0.15, -0.1) is 0 Å². The summed E-state index contributed by atoms with van der Waals surface area (Å²) in [5.41, 5.74) is -0.396. The molecule has 22 heavy (non-hydrogen) atoms. The zero-order valence-electron chi connectivity index (χ0n) is 10.7. The van der Waals surface area contributed by atoms with Crippen LogP contribution in [0, 0.1) is 10.1 Å². The maximum atomic E-state index is 11.3. The van der Waals surface area contributed by atoms with Gasteiger partial charge >= 0.3 is 0 Å². The third-order valence-corrected chi connectivity index (χ3v) is 5.56. The van der Waals surface area contributed by atoms with Crippen molar-refractivity contribution >= 4 is 50.7 Å². The highest BCUT2D eigenvalue weighted by atomic mass is 35.5. The van der Waals surface area contributed by atoms with Crippen LogP contribution >= 0.6 is 35.0 Å². The normalized spacial score (nSPS) is 11.4. The number of nitrogens with zero attached hydrogens (tertiary/aromatic N) is 1. The topological polar surface area (TPSA) is 103 Å². The molecule has 0 atom stereocenters. The third-order valence-electron chi connectivity index (χ3n) is 2.59. The molecule has 0 spiro atoms. The molecule has 0 bridgehead atoms. The lowest BCUT2D eigenvalue weighted by Crippen LogP contribution is -2.12. The van der Waals surface area contributed by atoms with Gasteiger partial charge in [-0.05, 0) is 24.3 Å². The van der Waals surface area contributed by atoms with E-state index in [1.807, 2.05) is 0 Å². The molecule has 0 fully saturated rings. The molecule has 10 heteroatoms. The zero-order chi connectivity index (χ0) is 16.5. The van der Waals surface area contributed by atoms with Gasteiger partial charge in [0.1, 0.15) is 0 Å². The van der Waals surface area contributed by atoms with E-state index in [1.165, 1.54) is 12.1 Å². The predicted octanol–water partition coefficient (Wildman–Crippen LogP) is 3.70. The molecule has 0 amide bonds. The van der Waals surface area contributed by atoms with Crippen molar-refractivity contribution in [3.8, 4) is 0 Å². The summed E-state index contributed by atoms with van der Waals surface area (Å²) in [7, 11) is -4.03. The summed E-state index contributed by atoms with van der Waals surface area (Å²) in [6, 6.07) is 8.23. The maximum absolute atomic E-state index is 11.3. The lowest BCUT2D eigenvalue weighted by Gasteiger charge is -2.08. The number of primary sulfonamides is 1. The van der Waals surface area contributed by atoms with Crippen LogP contribution in [0.2, 0.25) is 10.0 Å². The molecule has 2 aromatic carbocycles. The molecule has 0 aliphatic carbocycles. The van der Waals surface area contributed by atoms with Crippen LogP contribution in [0.5, 0.6) is 0 Å². The van der Waals surface area contributed by atoms with E-state index in [4.69, 9.17) is 28.3 Å². The van der Waals surface area contributed by atoms with Gasteiger partial charge in [0.05, 0.1) is 24.8 Å². The first-order valence-electron chi connectivity index (χ1n) is 5.63. The number of nitro groups is 1. The van der Waals surface area contributed by atoms with Gasteiger partial charge in [0, 0.05) is 11.0 Å². The van der Waals surface area contributed by atoms with Crippen molar-refractivity contribution in [2.45, 2.75) is 14.7 Å². The van der Waals surface area contributed by atoms with Crippen LogP contribution in [0.4, 0.5) is 5.69 Å². The summed E-state index contributed by atoms with van der Waals surface area (Å²) in [5.74, 6) is 0. The molecule has 0 saturated heterocycles. The average Bonchev–Trinajstić information content (AvgIpc) is 2.42. The minimum Gasteiger partial charge on any atom is -0.258 e. The second-order valence-corrected chi connectivity index (χ2v) is 7.51. The highest BCUT2D eigenvalue weighted by molar-refractivity contribution is 7.99. The molecule has 0 heterocycles. The molecule has 6 nitrogen and oxygen atoms in total. The van der Waals surface area contributed by atoms with E-state index in [0.717, 1.165) is 17.8 Å². The third kappa shape index (κ3) is 3.71. The minimum atomic E-state index is -4.03. The standard InChI is InChI=1S/C12H8Cl2N2O4S2/c13-8-2-1-3-9(14)12(8)21-11-5-4-7(22(15,19)20)6-10(11)16(17)18/h1-6H,(H2,15,19,20). The molecule has 2 rings (SSSR count). The van der Waals surface area contributed by atoms with Crippen molar-refractivity contribution in [2.24, 2.45) is 5.14 Å². The van der Waals surface area contributed by atoms with Crippen molar-refractivity contribution in [1.29, 1.82) is 0 Å². The molecular weight excluding hydrogens is 371 g/mol. The fraction of sp³-hybridized carbons (Fsp3) is 0. The predicted molar refractivity (Wildman–Crippen MR) is 85.1 cm³/mol. The van der Waals surface area contributed by atoms with E-state index in [1.54, 1.807) is 18.2 Å². The van der Waals surface area contributed by atoms with Gasteiger partial charge in [0.2, 0.25) is 10.0 Å². The lowest BCUT2D eigenvalue weighted by molar-refractivity contribution is -0.388. The van der Waals surface area contributed by atoms with Crippen LogP contribution in [0.1, 0.15) is 0 Å². The zero-order valence-corrected chi connectivity index (χ0v) is 13.8. The van der Waals surface area contributed by atoms with E-state index in [-0.39, 0.29) is 9.79 Å². The first-order chi connectivity index (χ1) is 10.2. The van der Waals surface area contributed by atoms with Gasteiger partial charge in [-0.3, -0.25) is 10.1 Å². The molecule has 0 unspecified atom stereocenters. The molecular formula is C12H8Cl2N2O4S2. The Morgan fingerprint density at radius 1 is 1.14 bits per heavy atom. The number of rotatable bonds is 4. The molecule has 0 saturated carbocycles. The van der Waals surface area contributed by atoms with E-state index < -0.39 is 20.6 Å². The molecule has 0 aliphatic heterocycles. The van der Waals surface area contributed by atoms with Crippen LogP contribution in [-0.4, -0.2) is 13.3 Å². The number of nitro benzene ring substituents is 1. The number of hydrogen-bond donors (Lipinski definition) is 1. The molecule has 0 radical (unpaired) electrons. The van der Waals surface area contributed by atoms with Crippen molar-refractivity contribution in [3.63, 3.8) is 0 Å². The van der Waals surface area contributed by atoms with Gasteiger partial charge < -0.3 is 0 Å². The van der Waals surface area contributed by atoms with Crippen molar-refractivity contribution in [3.05, 3.63) is 56.6 Å². The number of benzene rings is 2.